The van der Waals surface area contributed by atoms with Gasteiger partial charge in [-0.2, -0.15) is 0 Å². The van der Waals surface area contributed by atoms with Crippen molar-refractivity contribution in [1.29, 1.82) is 0 Å². The summed E-state index contributed by atoms with van der Waals surface area (Å²) in [5.41, 5.74) is 3.21. The first-order chi connectivity index (χ1) is 14.0. The monoisotopic (exact) mass is 393 g/mol. The van der Waals surface area contributed by atoms with Crippen molar-refractivity contribution in [2.24, 2.45) is 0 Å². The second kappa shape index (κ2) is 8.03. The van der Waals surface area contributed by atoms with E-state index in [2.05, 4.69) is 26.8 Å². The Morgan fingerprint density at radius 1 is 1.21 bits per heavy atom. The molecule has 2 aromatic heterocycles. The number of fused-ring (bicyclic) bond motifs is 1. The maximum absolute atomic E-state index is 13.6. The Labute approximate surface area is 169 Å². The zero-order chi connectivity index (χ0) is 20.4. The summed E-state index contributed by atoms with van der Waals surface area (Å²) in [5.74, 6) is 0.838. The topological polar surface area (TPSA) is 58.3 Å². The van der Waals surface area contributed by atoms with Gasteiger partial charge in [-0.25, -0.2) is 4.39 Å². The minimum atomic E-state index is -0.267. The van der Waals surface area contributed by atoms with Gasteiger partial charge in [0.15, 0.2) is 11.4 Å². The first-order valence-electron chi connectivity index (χ1n) is 9.69. The smallest absolute Gasteiger partial charge is 0.167 e. The fraction of sp³-hybridized carbons (Fsp3) is 0.318. The van der Waals surface area contributed by atoms with Crippen LogP contribution in [-0.2, 0) is 0 Å². The molecule has 0 atom stereocenters. The molecule has 0 amide bonds. The van der Waals surface area contributed by atoms with Gasteiger partial charge in [0.2, 0.25) is 0 Å². The van der Waals surface area contributed by atoms with Crippen molar-refractivity contribution in [3.63, 3.8) is 0 Å². The Balaban J connectivity index is 1.45. The molecule has 1 aliphatic heterocycles. The van der Waals surface area contributed by atoms with E-state index in [1.165, 1.54) is 12.1 Å². The number of anilines is 1. The highest BCUT2D eigenvalue weighted by molar-refractivity contribution is 5.80. The van der Waals surface area contributed by atoms with E-state index < -0.39 is 0 Å². The summed E-state index contributed by atoms with van der Waals surface area (Å²) in [5, 5.41) is 13.8. The van der Waals surface area contributed by atoms with Crippen LogP contribution < -0.4 is 4.90 Å². The lowest BCUT2D eigenvalue weighted by Crippen LogP contribution is -2.33. The van der Waals surface area contributed by atoms with Crippen molar-refractivity contribution < 1.29 is 8.91 Å². The van der Waals surface area contributed by atoms with Crippen molar-refractivity contribution in [1.82, 2.24) is 20.3 Å². The van der Waals surface area contributed by atoms with Crippen LogP contribution in [-0.4, -0.2) is 47.4 Å². The standard InChI is InChI=1S/C22H24FN5O/c1-4-15(14-27(2)3)19-6-8-21(25-24-19)28-11-9-16(10-12-28)22-18-13-17(23)5-7-20(18)29-26-22/h4-8,13-14,16H,1,9-12H2,2-3H3/b15-14+. The van der Waals surface area contributed by atoms with Crippen LogP contribution >= 0.6 is 0 Å². The number of hydrogen-bond donors (Lipinski definition) is 0. The number of piperidine rings is 1. The molecule has 0 bridgehead atoms. The second-order valence-corrected chi connectivity index (χ2v) is 7.50. The van der Waals surface area contributed by atoms with Gasteiger partial charge in [0.25, 0.3) is 0 Å². The normalized spacial score (nSPS) is 15.7. The minimum Gasteiger partial charge on any atom is -0.383 e. The second-order valence-electron chi connectivity index (χ2n) is 7.50. The first kappa shape index (κ1) is 19.1. The largest absolute Gasteiger partial charge is 0.383 e. The predicted octanol–water partition coefficient (Wildman–Crippen LogP) is 4.23. The summed E-state index contributed by atoms with van der Waals surface area (Å²) in [6, 6.07) is 8.51. The van der Waals surface area contributed by atoms with Crippen LogP contribution in [0.1, 0.15) is 30.1 Å². The lowest BCUT2D eigenvalue weighted by Gasteiger charge is -2.31. The average molecular weight is 393 g/mol. The minimum absolute atomic E-state index is 0.247. The summed E-state index contributed by atoms with van der Waals surface area (Å²) in [7, 11) is 3.92. The van der Waals surface area contributed by atoms with Gasteiger partial charge < -0.3 is 14.3 Å². The van der Waals surface area contributed by atoms with E-state index in [0.29, 0.717) is 5.58 Å². The summed E-state index contributed by atoms with van der Waals surface area (Å²) >= 11 is 0. The van der Waals surface area contributed by atoms with E-state index in [9.17, 15) is 4.39 Å². The van der Waals surface area contributed by atoms with Crippen LogP contribution in [0, 0.1) is 5.82 Å². The van der Waals surface area contributed by atoms with Gasteiger partial charge in [-0.05, 0) is 43.2 Å². The quantitative estimate of drug-likeness (QED) is 0.605. The lowest BCUT2D eigenvalue weighted by atomic mass is 9.91. The van der Waals surface area contributed by atoms with Crippen molar-refractivity contribution in [2.75, 3.05) is 32.1 Å². The molecule has 150 valence electrons. The highest BCUT2D eigenvalue weighted by Crippen LogP contribution is 2.33. The Kier molecular flexibility index (Phi) is 5.29. The number of halogens is 1. The number of rotatable bonds is 5. The summed E-state index contributed by atoms with van der Waals surface area (Å²) in [6.45, 7) is 5.53. The fourth-order valence-electron chi connectivity index (χ4n) is 3.76. The third-order valence-corrected chi connectivity index (χ3v) is 5.23. The number of allylic oxidation sites excluding steroid dienone is 2. The highest BCUT2D eigenvalue weighted by Gasteiger charge is 2.26. The number of benzene rings is 1. The van der Waals surface area contributed by atoms with Gasteiger partial charge in [-0.3, -0.25) is 0 Å². The molecule has 3 heterocycles. The van der Waals surface area contributed by atoms with Gasteiger partial charge in [0.1, 0.15) is 5.82 Å². The van der Waals surface area contributed by atoms with Gasteiger partial charge >= 0.3 is 0 Å². The molecule has 1 fully saturated rings. The summed E-state index contributed by atoms with van der Waals surface area (Å²) < 4.78 is 19.0. The molecule has 1 aliphatic rings. The van der Waals surface area contributed by atoms with Gasteiger partial charge in [-0.1, -0.05) is 17.8 Å². The number of hydrogen-bond acceptors (Lipinski definition) is 6. The van der Waals surface area contributed by atoms with E-state index in [-0.39, 0.29) is 11.7 Å². The van der Waals surface area contributed by atoms with Crippen molar-refractivity contribution in [2.45, 2.75) is 18.8 Å². The molecule has 4 rings (SSSR count). The third kappa shape index (κ3) is 3.99. The molecule has 1 saturated heterocycles. The zero-order valence-electron chi connectivity index (χ0n) is 16.7. The molecule has 0 aliphatic carbocycles. The fourth-order valence-corrected chi connectivity index (χ4v) is 3.76. The van der Waals surface area contributed by atoms with Crippen LogP contribution in [0.4, 0.5) is 10.2 Å². The molecular formula is C22H24FN5O. The molecule has 6 nitrogen and oxygen atoms in total. The molecular weight excluding hydrogens is 369 g/mol. The molecule has 1 aromatic carbocycles. The van der Waals surface area contributed by atoms with Gasteiger partial charge in [0, 0.05) is 50.3 Å². The Hall–Kier alpha value is -3.22. The molecule has 0 saturated carbocycles. The van der Waals surface area contributed by atoms with Crippen molar-refractivity contribution in [3.8, 4) is 0 Å². The van der Waals surface area contributed by atoms with E-state index in [0.717, 1.165) is 54.1 Å². The zero-order valence-corrected chi connectivity index (χ0v) is 16.7. The SMILES string of the molecule is C=C/C(=C\N(C)C)c1ccc(N2CCC(c3noc4ccc(F)cc34)CC2)nn1. The molecule has 3 aromatic rings. The van der Waals surface area contributed by atoms with Crippen LogP contribution in [0.15, 0.2) is 53.7 Å². The van der Waals surface area contributed by atoms with Crippen LogP contribution in [0.5, 0.6) is 0 Å². The van der Waals surface area contributed by atoms with Gasteiger partial charge in [-0.15, -0.1) is 10.2 Å². The summed E-state index contributed by atoms with van der Waals surface area (Å²) in [6.07, 6.45) is 5.55. The van der Waals surface area contributed by atoms with Crippen molar-refractivity contribution in [3.05, 3.63) is 66.4 Å². The van der Waals surface area contributed by atoms with E-state index in [4.69, 9.17) is 4.52 Å². The van der Waals surface area contributed by atoms with Gasteiger partial charge in [0.05, 0.1) is 11.4 Å². The van der Waals surface area contributed by atoms with Crippen LogP contribution in [0.25, 0.3) is 16.5 Å². The van der Waals surface area contributed by atoms with Crippen LogP contribution in [0.2, 0.25) is 0 Å². The molecule has 7 heteroatoms. The molecule has 0 N–H and O–H groups in total. The molecule has 0 spiro atoms. The van der Waals surface area contributed by atoms with E-state index in [1.807, 2.05) is 37.3 Å². The molecule has 29 heavy (non-hydrogen) atoms. The number of aromatic nitrogens is 3. The Morgan fingerprint density at radius 3 is 2.66 bits per heavy atom. The summed E-state index contributed by atoms with van der Waals surface area (Å²) in [4.78, 5) is 4.18. The third-order valence-electron chi connectivity index (χ3n) is 5.23. The Morgan fingerprint density at radius 2 is 2.00 bits per heavy atom. The maximum atomic E-state index is 13.6. The van der Waals surface area contributed by atoms with Crippen LogP contribution in [0.3, 0.4) is 0 Å². The van der Waals surface area contributed by atoms with E-state index in [1.54, 1.807) is 12.1 Å². The Bertz CT molecular complexity index is 1030. The number of nitrogens with zero attached hydrogens (tertiary/aromatic N) is 5. The molecule has 0 radical (unpaired) electrons. The average Bonchev–Trinajstić information content (AvgIpc) is 3.15. The van der Waals surface area contributed by atoms with Crippen molar-refractivity contribution >= 4 is 22.4 Å². The van der Waals surface area contributed by atoms with E-state index >= 15 is 0 Å². The predicted molar refractivity (Wildman–Crippen MR) is 112 cm³/mol. The maximum Gasteiger partial charge on any atom is 0.167 e. The lowest BCUT2D eigenvalue weighted by molar-refractivity contribution is 0.416. The highest BCUT2D eigenvalue weighted by atomic mass is 19.1. The first-order valence-corrected chi connectivity index (χ1v) is 9.69. The molecule has 0 unspecified atom stereocenters.